The summed E-state index contributed by atoms with van der Waals surface area (Å²) in [5.74, 6) is 6.57. The maximum atomic E-state index is 6.01. The number of halogens is 1. The van der Waals surface area contributed by atoms with Gasteiger partial charge in [-0.25, -0.2) is 0 Å². The molecule has 0 spiro atoms. The molecular weight excluding hydrogens is 314 g/mol. The summed E-state index contributed by atoms with van der Waals surface area (Å²) in [6.07, 6.45) is 0. The van der Waals surface area contributed by atoms with Crippen molar-refractivity contribution in [1.82, 2.24) is 0 Å². The Kier molecular flexibility index (Phi) is 5.21. The van der Waals surface area contributed by atoms with E-state index in [1.807, 2.05) is 54.6 Å². The Balaban J connectivity index is 1.90. The first-order valence-electron chi connectivity index (χ1n) is 7.86. The van der Waals surface area contributed by atoms with Crippen molar-refractivity contribution in [3.63, 3.8) is 0 Å². The lowest BCUT2D eigenvalue weighted by molar-refractivity contribution is 1.02. The van der Waals surface area contributed by atoms with Crippen molar-refractivity contribution in [2.75, 3.05) is 5.32 Å². The topological polar surface area (TPSA) is 12.0 Å². The minimum atomic E-state index is -0.106. The van der Waals surface area contributed by atoms with Gasteiger partial charge in [0.25, 0.3) is 0 Å². The zero-order chi connectivity index (χ0) is 16.8. The summed E-state index contributed by atoms with van der Waals surface area (Å²) in [6.45, 7) is 2.08. The van der Waals surface area contributed by atoms with Crippen molar-refractivity contribution >= 4 is 17.3 Å². The molecule has 0 amide bonds. The summed E-state index contributed by atoms with van der Waals surface area (Å²) >= 11 is 6.01. The SMILES string of the molecule is Cc1ccc(NC(C#Cc2ccccc2)c2ccc(Cl)cc2)cc1. The highest BCUT2D eigenvalue weighted by Crippen LogP contribution is 2.21. The van der Waals surface area contributed by atoms with Gasteiger partial charge in [-0.05, 0) is 48.9 Å². The van der Waals surface area contributed by atoms with E-state index in [2.05, 4.69) is 48.3 Å². The quantitative estimate of drug-likeness (QED) is 0.593. The monoisotopic (exact) mass is 331 g/mol. The van der Waals surface area contributed by atoms with E-state index in [0.717, 1.165) is 21.8 Å². The second-order valence-corrected chi connectivity index (χ2v) is 6.07. The molecule has 0 bridgehead atoms. The number of aryl methyl sites for hydroxylation is 1. The molecule has 1 unspecified atom stereocenters. The average Bonchev–Trinajstić information content (AvgIpc) is 2.62. The molecule has 0 aliphatic carbocycles. The summed E-state index contributed by atoms with van der Waals surface area (Å²) in [5, 5.41) is 4.22. The van der Waals surface area contributed by atoms with Gasteiger partial charge in [-0.3, -0.25) is 0 Å². The zero-order valence-corrected chi connectivity index (χ0v) is 14.2. The molecule has 1 N–H and O–H groups in total. The van der Waals surface area contributed by atoms with Crippen LogP contribution >= 0.6 is 11.6 Å². The molecule has 0 fully saturated rings. The molecule has 0 heterocycles. The normalized spacial score (nSPS) is 11.2. The first-order valence-corrected chi connectivity index (χ1v) is 8.24. The second-order valence-electron chi connectivity index (χ2n) is 5.63. The van der Waals surface area contributed by atoms with Crippen LogP contribution in [0.15, 0.2) is 78.9 Å². The molecule has 0 aromatic heterocycles. The molecule has 1 nitrogen and oxygen atoms in total. The van der Waals surface area contributed by atoms with Crippen LogP contribution in [0.3, 0.4) is 0 Å². The molecule has 118 valence electrons. The van der Waals surface area contributed by atoms with E-state index in [4.69, 9.17) is 11.6 Å². The number of hydrogen-bond donors (Lipinski definition) is 1. The Morgan fingerprint density at radius 1 is 0.833 bits per heavy atom. The fraction of sp³-hybridized carbons (Fsp3) is 0.0909. The van der Waals surface area contributed by atoms with E-state index in [1.54, 1.807) is 0 Å². The molecule has 0 radical (unpaired) electrons. The molecule has 0 aliphatic heterocycles. The van der Waals surface area contributed by atoms with E-state index < -0.39 is 0 Å². The van der Waals surface area contributed by atoms with Gasteiger partial charge in [0, 0.05) is 16.3 Å². The van der Waals surface area contributed by atoms with Gasteiger partial charge in [-0.15, -0.1) is 0 Å². The molecule has 0 saturated heterocycles. The third-order valence-corrected chi connectivity index (χ3v) is 3.95. The van der Waals surface area contributed by atoms with Crippen molar-refractivity contribution in [3.05, 3.63) is 101 Å². The number of hydrogen-bond acceptors (Lipinski definition) is 1. The fourth-order valence-electron chi connectivity index (χ4n) is 2.35. The molecule has 3 aromatic rings. The molecule has 0 aliphatic rings. The highest BCUT2D eigenvalue weighted by molar-refractivity contribution is 6.30. The van der Waals surface area contributed by atoms with Crippen LogP contribution in [0, 0.1) is 18.8 Å². The van der Waals surface area contributed by atoms with Crippen LogP contribution in [0.1, 0.15) is 22.7 Å². The molecule has 1 atom stereocenters. The molecule has 2 heteroatoms. The van der Waals surface area contributed by atoms with Crippen molar-refractivity contribution < 1.29 is 0 Å². The number of benzene rings is 3. The van der Waals surface area contributed by atoms with Crippen LogP contribution in [-0.4, -0.2) is 0 Å². The van der Waals surface area contributed by atoms with Gasteiger partial charge in [0.15, 0.2) is 0 Å². The molecule has 3 aromatic carbocycles. The first-order chi connectivity index (χ1) is 11.7. The smallest absolute Gasteiger partial charge is 0.114 e. The lowest BCUT2D eigenvalue weighted by Gasteiger charge is -2.15. The largest absolute Gasteiger partial charge is 0.368 e. The van der Waals surface area contributed by atoms with Crippen molar-refractivity contribution in [2.24, 2.45) is 0 Å². The highest BCUT2D eigenvalue weighted by Gasteiger charge is 2.08. The Morgan fingerprint density at radius 3 is 2.17 bits per heavy atom. The van der Waals surface area contributed by atoms with Gasteiger partial charge in [0.2, 0.25) is 0 Å². The van der Waals surface area contributed by atoms with Crippen molar-refractivity contribution in [2.45, 2.75) is 13.0 Å². The minimum Gasteiger partial charge on any atom is -0.368 e. The third-order valence-electron chi connectivity index (χ3n) is 3.70. The van der Waals surface area contributed by atoms with E-state index >= 15 is 0 Å². The van der Waals surface area contributed by atoms with Crippen LogP contribution in [-0.2, 0) is 0 Å². The average molecular weight is 332 g/mol. The predicted molar refractivity (Wildman–Crippen MR) is 102 cm³/mol. The lowest BCUT2D eigenvalue weighted by Crippen LogP contribution is -2.08. The van der Waals surface area contributed by atoms with Gasteiger partial charge < -0.3 is 5.32 Å². The third kappa shape index (κ3) is 4.41. The highest BCUT2D eigenvalue weighted by atomic mass is 35.5. The van der Waals surface area contributed by atoms with Gasteiger partial charge >= 0.3 is 0 Å². The van der Waals surface area contributed by atoms with Crippen LogP contribution < -0.4 is 5.32 Å². The van der Waals surface area contributed by atoms with Gasteiger partial charge in [0.1, 0.15) is 6.04 Å². The fourth-order valence-corrected chi connectivity index (χ4v) is 2.48. The summed E-state index contributed by atoms with van der Waals surface area (Å²) in [7, 11) is 0. The van der Waals surface area contributed by atoms with E-state index in [0.29, 0.717) is 0 Å². The van der Waals surface area contributed by atoms with Gasteiger partial charge in [0.05, 0.1) is 0 Å². The Labute approximate surface area is 148 Å². The molecule has 3 rings (SSSR count). The van der Waals surface area contributed by atoms with Gasteiger partial charge in [-0.2, -0.15) is 0 Å². The Bertz CT molecular complexity index is 840. The van der Waals surface area contributed by atoms with Gasteiger partial charge in [-0.1, -0.05) is 71.5 Å². The summed E-state index contributed by atoms with van der Waals surface area (Å²) in [5.41, 5.74) is 4.37. The first kappa shape index (κ1) is 16.2. The maximum Gasteiger partial charge on any atom is 0.114 e. The van der Waals surface area contributed by atoms with Crippen molar-refractivity contribution in [3.8, 4) is 11.8 Å². The zero-order valence-electron chi connectivity index (χ0n) is 13.5. The van der Waals surface area contributed by atoms with E-state index in [1.165, 1.54) is 5.56 Å². The van der Waals surface area contributed by atoms with E-state index in [9.17, 15) is 0 Å². The molecule has 0 saturated carbocycles. The number of rotatable bonds is 3. The predicted octanol–water partition coefficient (Wildman–Crippen LogP) is 5.85. The summed E-state index contributed by atoms with van der Waals surface area (Å²) in [4.78, 5) is 0. The molecule has 24 heavy (non-hydrogen) atoms. The lowest BCUT2D eigenvalue weighted by atomic mass is 10.1. The van der Waals surface area contributed by atoms with Crippen LogP contribution in [0.4, 0.5) is 5.69 Å². The standard InChI is InChI=1S/C22H18ClN/c1-17-7-14-21(15-8-17)24-22(19-10-12-20(23)13-11-19)16-9-18-5-3-2-4-6-18/h2-8,10-15,22,24H,1H3. The summed E-state index contributed by atoms with van der Waals surface area (Å²) in [6, 6.07) is 26.0. The van der Waals surface area contributed by atoms with E-state index in [-0.39, 0.29) is 6.04 Å². The van der Waals surface area contributed by atoms with Crippen LogP contribution in [0.2, 0.25) is 5.02 Å². The number of nitrogens with one attached hydrogen (secondary N) is 1. The second kappa shape index (κ2) is 7.73. The molecular formula is C22H18ClN. The minimum absolute atomic E-state index is 0.106. The van der Waals surface area contributed by atoms with Crippen LogP contribution in [0.25, 0.3) is 0 Å². The number of anilines is 1. The Hall–Kier alpha value is -2.69. The Morgan fingerprint density at radius 2 is 1.50 bits per heavy atom. The van der Waals surface area contributed by atoms with Crippen LogP contribution in [0.5, 0.6) is 0 Å². The summed E-state index contributed by atoms with van der Waals surface area (Å²) < 4.78 is 0. The van der Waals surface area contributed by atoms with Crippen molar-refractivity contribution in [1.29, 1.82) is 0 Å². The maximum absolute atomic E-state index is 6.01.